The van der Waals surface area contributed by atoms with Crippen LogP contribution < -0.4 is 30.3 Å². The Morgan fingerprint density at radius 1 is 0.786 bits per heavy atom. The molecule has 5 N–H and O–H groups in total. The molecule has 16 nitrogen and oxygen atoms in total. The van der Waals surface area contributed by atoms with E-state index in [0.29, 0.717) is 11.6 Å². The Morgan fingerprint density at radius 3 is 1.86 bits per heavy atom. The number of halogens is 2. The molecule has 0 radical (unpaired) electrons. The monoisotopic (exact) mass is 877 g/mol. The van der Waals surface area contributed by atoms with Gasteiger partial charge in [0.2, 0.25) is 16.2 Å². The second-order valence-corrected chi connectivity index (χ2v) is 18.2. The number of nitrogens with two attached hydrogens (primary N) is 1. The summed E-state index contributed by atoms with van der Waals surface area (Å²) in [6, 6.07) is 21.2. The van der Waals surface area contributed by atoms with E-state index in [0.717, 1.165) is 77.8 Å². The number of rotatable bonds is 11. The van der Waals surface area contributed by atoms with Crippen LogP contribution in [0.1, 0.15) is 12.8 Å². The fraction of sp³-hybridized carbons (Fsp3) is 0.265. The fourth-order valence-electron chi connectivity index (χ4n) is 6.31. The number of nitrogens with zero attached hydrogens (tertiary/aromatic N) is 7. The van der Waals surface area contributed by atoms with Gasteiger partial charge in [-0.05, 0) is 85.0 Å². The molecule has 296 valence electrons. The summed E-state index contributed by atoms with van der Waals surface area (Å²) in [5.41, 5.74) is 8.69. The summed E-state index contributed by atoms with van der Waals surface area (Å²) in [6.45, 7) is 3.33. The number of carbonyl (C=O) groups is 1. The Hall–Kier alpha value is -4.57. The normalized spacial score (nSPS) is 16.9. The van der Waals surface area contributed by atoms with E-state index in [4.69, 9.17) is 17.3 Å². The van der Waals surface area contributed by atoms with Crippen molar-refractivity contribution in [3.8, 4) is 0 Å². The molecule has 0 unspecified atom stereocenters. The molecule has 5 heterocycles. The number of amides is 1. The number of benzene rings is 3. The summed E-state index contributed by atoms with van der Waals surface area (Å²) in [5.74, 6) is -0.0616. The van der Waals surface area contributed by atoms with Crippen molar-refractivity contribution in [1.29, 1.82) is 0 Å². The number of fused-ring (bicyclic) bond motifs is 1. The standard InChI is InChI=1S/C22H21ClN6O3S2.C12H15N5O2S2.ClH/c23-16-2-1-15-7-9-29(20(15)11-16)13-21(30)26-17-8-10-28(12-17)18-3-5-19(6-4-18)34(31,32)27-22-24-14-25-33-22;13-9-5-6-17(7-9)10-1-3-11(4-2-10)21(18,19)16-12-14-8-15-20-12;/h1-7,9,11,14,17H,8,10,12-13H2,(H,26,30)(H,24,25,27);1-4,8-9H,5-7,13H2,(H,14,15,16);1H/t17-;9-;/m00./s1. The van der Waals surface area contributed by atoms with E-state index < -0.39 is 20.0 Å². The first kappa shape index (κ1) is 41.1. The summed E-state index contributed by atoms with van der Waals surface area (Å²) in [6.07, 6.45) is 6.26. The average molecular weight is 879 g/mol. The van der Waals surface area contributed by atoms with Crippen molar-refractivity contribution in [3.63, 3.8) is 0 Å². The second-order valence-electron chi connectivity index (χ2n) is 12.8. The molecular weight excluding hydrogens is 842 g/mol. The van der Waals surface area contributed by atoms with Crippen LogP contribution in [0, 0.1) is 0 Å². The number of anilines is 4. The van der Waals surface area contributed by atoms with Gasteiger partial charge in [-0.2, -0.15) is 8.75 Å². The van der Waals surface area contributed by atoms with Crippen LogP contribution >= 0.6 is 47.1 Å². The molecule has 56 heavy (non-hydrogen) atoms. The van der Waals surface area contributed by atoms with Crippen molar-refractivity contribution in [1.82, 2.24) is 28.6 Å². The molecule has 3 aromatic heterocycles. The van der Waals surface area contributed by atoms with Crippen LogP contribution in [0.5, 0.6) is 0 Å². The van der Waals surface area contributed by atoms with E-state index in [9.17, 15) is 21.6 Å². The lowest BCUT2D eigenvalue weighted by molar-refractivity contribution is -0.122. The smallest absolute Gasteiger partial charge is 0.263 e. The van der Waals surface area contributed by atoms with E-state index in [1.54, 1.807) is 48.5 Å². The lowest BCUT2D eigenvalue weighted by Gasteiger charge is -2.19. The van der Waals surface area contributed by atoms with Crippen molar-refractivity contribution in [2.75, 3.05) is 45.4 Å². The number of aromatic nitrogens is 5. The van der Waals surface area contributed by atoms with Crippen molar-refractivity contribution in [2.24, 2.45) is 5.73 Å². The van der Waals surface area contributed by atoms with Gasteiger partial charge in [-0.15, -0.1) is 12.4 Å². The molecule has 3 aromatic carbocycles. The number of sulfonamides is 2. The number of hydrogen-bond donors (Lipinski definition) is 4. The lowest BCUT2D eigenvalue weighted by atomic mass is 10.2. The minimum Gasteiger partial charge on any atom is -0.370 e. The molecule has 2 saturated heterocycles. The van der Waals surface area contributed by atoms with Gasteiger partial charge in [0.05, 0.1) is 9.79 Å². The molecule has 0 spiro atoms. The van der Waals surface area contributed by atoms with Crippen LogP contribution in [0.15, 0.2) is 101 Å². The van der Waals surface area contributed by atoms with E-state index in [1.165, 1.54) is 12.7 Å². The van der Waals surface area contributed by atoms with E-state index in [-0.39, 0.29) is 57.0 Å². The van der Waals surface area contributed by atoms with E-state index >= 15 is 0 Å². The predicted molar refractivity (Wildman–Crippen MR) is 222 cm³/mol. The molecule has 8 rings (SSSR count). The summed E-state index contributed by atoms with van der Waals surface area (Å²) >= 11 is 8.07. The largest absolute Gasteiger partial charge is 0.370 e. The first-order valence-electron chi connectivity index (χ1n) is 17.0. The van der Waals surface area contributed by atoms with Crippen LogP contribution in [-0.2, 0) is 31.4 Å². The van der Waals surface area contributed by atoms with E-state index in [2.05, 4.69) is 43.3 Å². The van der Waals surface area contributed by atoms with Crippen molar-refractivity contribution in [2.45, 2.75) is 41.3 Å². The van der Waals surface area contributed by atoms with Crippen LogP contribution in [0.3, 0.4) is 0 Å². The Labute approximate surface area is 342 Å². The van der Waals surface area contributed by atoms with Crippen molar-refractivity contribution < 1.29 is 21.6 Å². The molecule has 22 heteroatoms. The number of carbonyl (C=O) groups excluding carboxylic acids is 1. The number of hydrogen-bond acceptors (Lipinski definition) is 14. The highest BCUT2D eigenvalue weighted by atomic mass is 35.5. The molecule has 0 aliphatic carbocycles. The first-order chi connectivity index (χ1) is 26.4. The summed E-state index contributed by atoms with van der Waals surface area (Å²) in [5, 5.41) is 5.25. The van der Waals surface area contributed by atoms with Crippen LogP contribution in [0.4, 0.5) is 21.6 Å². The van der Waals surface area contributed by atoms with Gasteiger partial charge in [-0.1, -0.05) is 17.7 Å². The highest BCUT2D eigenvalue weighted by Gasteiger charge is 2.25. The maximum Gasteiger partial charge on any atom is 0.263 e. The Morgan fingerprint density at radius 2 is 1.34 bits per heavy atom. The van der Waals surface area contributed by atoms with Gasteiger partial charge in [0.25, 0.3) is 20.0 Å². The zero-order valence-electron chi connectivity index (χ0n) is 29.4. The third-order valence-corrected chi connectivity index (χ3v) is 13.4. The predicted octanol–water partition coefficient (Wildman–Crippen LogP) is 4.64. The second kappa shape index (κ2) is 17.7. The zero-order chi connectivity index (χ0) is 38.6. The van der Waals surface area contributed by atoms with Gasteiger partial charge >= 0.3 is 0 Å². The van der Waals surface area contributed by atoms with Gasteiger partial charge < -0.3 is 25.4 Å². The maximum absolute atomic E-state index is 12.7. The highest BCUT2D eigenvalue weighted by molar-refractivity contribution is 7.93. The van der Waals surface area contributed by atoms with Gasteiger partial charge in [0, 0.05) is 89.4 Å². The Kier molecular flexibility index (Phi) is 13.0. The SMILES string of the molecule is Cl.N[C@H]1CCN(c2ccc(S(=O)(=O)Nc3ncns3)cc2)C1.O=C(Cn1ccc2ccc(Cl)cc21)N[C@H]1CCN(c2ccc(S(=O)(=O)Nc3ncns3)cc2)C1. The summed E-state index contributed by atoms with van der Waals surface area (Å²) < 4.78 is 63.6. The summed E-state index contributed by atoms with van der Waals surface area (Å²) in [4.78, 5) is 24.9. The third-order valence-electron chi connectivity index (χ3n) is 9.02. The summed E-state index contributed by atoms with van der Waals surface area (Å²) in [7, 11) is -7.34. The van der Waals surface area contributed by atoms with Crippen LogP contribution in [0.25, 0.3) is 10.9 Å². The van der Waals surface area contributed by atoms with Gasteiger partial charge in [-0.25, -0.2) is 26.8 Å². The quantitative estimate of drug-likeness (QED) is 0.140. The minimum absolute atomic E-state index is 0. The molecule has 6 aromatic rings. The topological polar surface area (TPSA) is 210 Å². The molecule has 1 amide bonds. The van der Waals surface area contributed by atoms with Crippen LogP contribution in [-0.4, -0.2) is 84.3 Å². The Balaban J connectivity index is 0.000000208. The van der Waals surface area contributed by atoms with Gasteiger partial charge in [0.15, 0.2) is 0 Å². The molecule has 2 fully saturated rings. The first-order valence-corrected chi connectivity index (χ1v) is 21.9. The number of nitrogens with one attached hydrogen (secondary N) is 3. The molecule has 0 bridgehead atoms. The average Bonchev–Trinajstić information content (AvgIpc) is 4.02. The molecule has 2 aliphatic heterocycles. The molecule has 0 saturated carbocycles. The highest BCUT2D eigenvalue weighted by Crippen LogP contribution is 2.26. The lowest BCUT2D eigenvalue weighted by Crippen LogP contribution is -2.38. The van der Waals surface area contributed by atoms with E-state index in [1.807, 2.05) is 35.0 Å². The molecule has 2 atom stereocenters. The minimum atomic E-state index is -3.72. The molecule has 2 aliphatic rings. The van der Waals surface area contributed by atoms with Crippen molar-refractivity contribution in [3.05, 3.63) is 96.7 Å². The van der Waals surface area contributed by atoms with Crippen LogP contribution in [0.2, 0.25) is 5.02 Å². The van der Waals surface area contributed by atoms with Gasteiger partial charge in [-0.3, -0.25) is 14.2 Å². The van der Waals surface area contributed by atoms with Crippen molar-refractivity contribution >= 4 is 106 Å². The molecular formula is C34H37Cl2N11O5S4. The maximum atomic E-state index is 12.7. The zero-order valence-corrected chi connectivity index (χ0v) is 34.3. The third kappa shape index (κ3) is 10.0. The Bertz CT molecular complexity index is 2450. The van der Waals surface area contributed by atoms with Gasteiger partial charge in [0.1, 0.15) is 19.2 Å². The fourth-order valence-corrected chi connectivity index (χ4v) is 9.80.